The van der Waals surface area contributed by atoms with Crippen molar-refractivity contribution in [3.63, 3.8) is 0 Å². The van der Waals surface area contributed by atoms with Gasteiger partial charge in [0.05, 0.1) is 18.1 Å². The summed E-state index contributed by atoms with van der Waals surface area (Å²) in [6.45, 7) is 7.25. The first-order chi connectivity index (χ1) is 14.5. The fourth-order valence-corrected chi connectivity index (χ4v) is 2.61. The molecule has 166 valence electrons. The van der Waals surface area contributed by atoms with E-state index >= 15 is 0 Å². The van der Waals surface area contributed by atoms with E-state index in [1.54, 1.807) is 12.1 Å². The number of ether oxygens (including phenoxy) is 3. The van der Waals surface area contributed by atoms with E-state index in [4.69, 9.17) is 14.2 Å². The van der Waals surface area contributed by atoms with E-state index in [1.165, 1.54) is 32.2 Å². The number of anilines is 1. The van der Waals surface area contributed by atoms with Gasteiger partial charge in [-0.15, -0.1) is 0 Å². The van der Waals surface area contributed by atoms with Crippen molar-refractivity contribution in [3.8, 4) is 11.5 Å². The Morgan fingerprint density at radius 1 is 1.10 bits per heavy atom. The third-order valence-electron chi connectivity index (χ3n) is 4.41. The Kier molecular flexibility index (Phi) is 7.57. The van der Waals surface area contributed by atoms with E-state index in [9.17, 15) is 19.7 Å². The minimum absolute atomic E-state index is 0.000782. The van der Waals surface area contributed by atoms with Gasteiger partial charge < -0.3 is 19.5 Å². The summed E-state index contributed by atoms with van der Waals surface area (Å²) >= 11 is 0. The molecule has 0 spiro atoms. The van der Waals surface area contributed by atoms with Crippen LogP contribution in [0.2, 0.25) is 0 Å². The normalized spacial score (nSPS) is 11.9. The number of methoxy groups -OCH3 is 1. The molecule has 0 saturated heterocycles. The van der Waals surface area contributed by atoms with Gasteiger partial charge in [0.25, 0.3) is 11.6 Å². The van der Waals surface area contributed by atoms with Crippen LogP contribution >= 0.6 is 0 Å². The molecule has 1 atom stereocenters. The number of nitrogens with zero attached hydrogens (tertiary/aromatic N) is 1. The molecule has 9 nitrogen and oxygen atoms in total. The van der Waals surface area contributed by atoms with E-state index in [1.807, 2.05) is 12.1 Å². The molecule has 0 heterocycles. The number of benzene rings is 2. The monoisotopic (exact) mass is 430 g/mol. The van der Waals surface area contributed by atoms with E-state index in [2.05, 4.69) is 26.1 Å². The molecule has 9 heteroatoms. The number of hydrogen-bond acceptors (Lipinski definition) is 7. The summed E-state index contributed by atoms with van der Waals surface area (Å²) in [4.78, 5) is 34.9. The molecule has 0 radical (unpaired) electrons. The highest BCUT2D eigenvalue weighted by molar-refractivity contribution is 5.97. The van der Waals surface area contributed by atoms with Gasteiger partial charge in [-0.3, -0.25) is 14.9 Å². The first-order valence-electron chi connectivity index (χ1n) is 9.57. The molecule has 1 N–H and O–H groups in total. The lowest BCUT2D eigenvalue weighted by Gasteiger charge is -2.19. The van der Waals surface area contributed by atoms with Crippen LogP contribution in [0.4, 0.5) is 11.4 Å². The molecule has 0 aliphatic rings. The Balaban J connectivity index is 1.91. The van der Waals surface area contributed by atoms with Crippen molar-refractivity contribution < 1.29 is 28.7 Å². The molecular formula is C22H26N2O7. The number of nitro groups is 1. The number of nitro benzene ring substituents is 1. The molecule has 2 aromatic rings. The predicted molar refractivity (Wildman–Crippen MR) is 114 cm³/mol. The second kappa shape index (κ2) is 9.92. The summed E-state index contributed by atoms with van der Waals surface area (Å²) in [6, 6.07) is 11.3. The minimum Gasteiger partial charge on any atom is -0.496 e. The molecule has 0 bridgehead atoms. The number of nitrogens with one attached hydrogen (secondary N) is 1. The Morgan fingerprint density at radius 2 is 1.71 bits per heavy atom. The van der Waals surface area contributed by atoms with Crippen LogP contribution in [0.25, 0.3) is 0 Å². The van der Waals surface area contributed by atoms with Crippen molar-refractivity contribution in [1.29, 1.82) is 0 Å². The Bertz CT molecular complexity index is 949. The molecule has 31 heavy (non-hydrogen) atoms. The molecule has 1 amide bonds. The van der Waals surface area contributed by atoms with Crippen molar-refractivity contribution in [1.82, 2.24) is 0 Å². The average molecular weight is 430 g/mol. The van der Waals surface area contributed by atoms with Crippen molar-refractivity contribution in [2.75, 3.05) is 19.0 Å². The lowest BCUT2D eigenvalue weighted by molar-refractivity contribution is -0.384. The standard InChI is InChI=1S/C22H26N2O7/c1-14(21(26)23-18-11-10-17(29-5)12-19(18)24(27)28)31-20(25)13-30-16-8-6-15(7-9-16)22(2,3)4/h6-12,14H,13H2,1-5H3,(H,23,26). The molecule has 2 aromatic carbocycles. The van der Waals surface area contributed by atoms with Crippen LogP contribution in [-0.2, 0) is 19.7 Å². The number of amides is 1. The van der Waals surface area contributed by atoms with Crippen LogP contribution in [0.1, 0.15) is 33.3 Å². The van der Waals surface area contributed by atoms with Crippen molar-refractivity contribution in [2.24, 2.45) is 0 Å². The molecular weight excluding hydrogens is 404 g/mol. The largest absolute Gasteiger partial charge is 0.496 e. The zero-order valence-electron chi connectivity index (χ0n) is 18.1. The molecule has 0 aliphatic carbocycles. The van der Waals surface area contributed by atoms with Gasteiger partial charge in [0.15, 0.2) is 12.7 Å². The fourth-order valence-electron chi connectivity index (χ4n) is 2.61. The maximum atomic E-state index is 12.3. The van der Waals surface area contributed by atoms with E-state index in [-0.39, 0.29) is 29.1 Å². The van der Waals surface area contributed by atoms with Crippen LogP contribution < -0.4 is 14.8 Å². The first kappa shape index (κ1) is 23.7. The number of carbonyl (C=O) groups excluding carboxylic acids is 2. The Hall–Kier alpha value is -3.62. The average Bonchev–Trinajstić information content (AvgIpc) is 2.71. The van der Waals surface area contributed by atoms with Gasteiger partial charge in [-0.05, 0) is 42.2 Å². The lowest BCUT2D eigenvalue weighted by atomic mass is 9.87. The number of hydrogen-bond donors (Lipinski definition) is 1. The third-order valence-corrected chi connectivity index (χ3v) is 4.41. The smallest absolute Gasteiger partial charge is 0.344 e. The third kappa shape index (κ3) is 6.70. The summed E-state index contributed by atoms with van der Waals surface area (Å²) in [5.41, 5.74) is 0.752. The predicted octanol–water partition coefficient (Wildman–Crippen LogP) is 3.85. The summed E-state index contributed by atoms with van der Waals surface area (Å²) in [6.07, 6.45) is -1.18. The zero-order chi connectivity index (χ0) is 23.2. The van der Waals surface area contributed by atoms with Crippen LogP contribution in [0.3, 0.4) is 0 Å². The molecule has 2 rings (SSSR count). The van der Waals surface area contributed by atoms with Gasteiger partial charge in [0.1, 0.15) is 17.2 Å². The second-order valence-electron chi connectivity index (χ2n) is 7.82. The molecule has 0 saturated carbocycles. The highest BCUT2D eigenvalue weighted by atomic mass is 16.6. The number of carbonyl (C=O) groups is 2. The minimum atomic E-state index is -1.18. The summed E-state index contributed by atoms with van der Waals surface area (Å²) < 4.78 is 15.4. The quantitative estimate of drug-likeness (QED) is 0.384. The van der Waals surface area contributed by atoms with Crippen LogP contribution in [0.15, 0.2) is 42.5 Å². The van der Waals surface area contributed by atoms with Gasteiger partial charge in [0, 0.05) is 0 Å². The molecule has 0 aliphatic heterocycles. The maximum Gasteiger partial charge on any atom is 0.344 e. The first-order valence-corrected chi connectivity index (χ1v) is 9.57. The Morgan fingerprint density at radius 3 is 2.26 bits per heavy atom. The molecule has 1 unspecified atom stereocenters. The summed E-state index contributed by atoms with van der Waals surface area (Å²) in [7, 11) is 1.37. The Labute approximate surface area is 180 Å². The second-order valence-corrected chi connectivity index (χ2v) is 7.82. The van der Waals surface area contributed by atoms with Gasteiger partial charge in [-0.1, -0.05) is 32.9 Å². The van der Waals surface area contributed by atoms with Gasteiger partial charge in [-0.25, -0.2) is 4.79 Å². The van der Waals surface area contributed by atoms with Crippen LogP contribution in [0.5, 0.6) is 11.5 Å². The van der Waals surface area contributed by atoms with Gasteiger partial charge >= 0.3 is 5.97 Å². The van der Waals surface area contributed by atoms with Gasteiger partial charge in [0.2, 0.25) is 0 Å². The highest BCUT2D eigenvalue weighted by Crippen LogP contribution is 2.29. The van der Waals surface area contributed by atoms with Crippen molar-refractivity contribution in [3.05, 3.63) is 58.1 Å². The lowest BCUT2D eigenvalue weighted by Crippen LogP contribution is -2.31. The highest BCUT2D eigenvalue weighted by Gasteiger charge is 2.23. The zero-order valence-corrected chi connectivity index (χ0v) is 18.1. The molecule has 0 aromatic heterocycles. The van der Waals surface area contributed by atoms with Crippen molar-refractivity contribution in [2.45, 2.75) is 39.2 Å². The summed E-state index contributed by atoms with van der Waals surface area (Å²) in [5.74, 6) is -0.685. The topological polar surface area (TPSA) is 117 Å². The van der Waals surface area contributed by atoms with Crippen LogP contribution in [-0.4, -0.2) is 36.6 Å². The molecule has 0 fully saturated rings. The SMILES string of the molecule is COc1ccc(NC(=O)C(C)OC(=O)COc2ccc(C(C)(C)C)cc2)c([N+](=O)[O-])c1. The summed E-state index contributed by atoms with van der Waals surface area (Å²) in [5, 5.41) is 13.6. The van der Waals surface area contributed by atoms with E-state index in [0.717, 1.165) is 5.56 Å². The maximum absolute atomic E-state index is 12.3. The van der Waals surface area contributed by atoms with Gasteiger partial charge in [-0.2, -0.15) is 0 Å². The fraction of sp³-hybridized carbons (Fsp3) is 0.364. The number of rotatable bonds is 8. The van der Waals surface area contributed by atoms with E-state index < -0.39 is 22.9 Å². The van der Waals surface area contributed by atoms with E-state index in [0.29, 0.717) is 5.75 Å². The number of esters is 1. The van der Waals surface area contributed by atoms with Crippen LogP contribution in [0, 0.1) is 10.1 Å². The van der Waals surface area contributed by atoms with Crippen molar-refractivity contribution >= 4 is 23.3 Å².